The number of amides is 1. The van der Waals surface area contributed by atoms with Crippen molar-refractivity contribution >= 4 is 5.91 Å². The molecule has 1 aromatic heterocycles. The summed E-state index contributed by atoms with van der Waals surface area (Å²) in [5, 5.41) is 9.35. The summed E-state index contributed by atoms with van der Waals surface area (Å²) < 4.78 is 0. The van der Waals surface area contributed by atoms with Crippen molar-refractivity contribution in [3.63, 3.8) is 0 Å². The third kappa shape index (κ3) is 4.77. The molecule has 0 bridgehead atoms. The molecule has 0 saturated carbocycles. The van der Waals surface area contributed by atoms with E-state index in [0.717, 1.165) is 25.7 Å². The first-order valence-electron chi connectivity index (χ1n) is 6.81. The molecule has 0 aliphatic carbocycles. The lowest BCUT2D eigenvalue weighted by atomic mass is 10.2. The number of unbranched alkanes of at least 4 members (excludes halogenated alkanes) is 2. The molecule has 0 atom stereocenters. The van der Waals surface area contributed by atoms with Crippen LogP contribution in [0.25, 0.3) is 0 Å². The van der Waals surface area contributed by atoms with Crippen LogP contribution in [0.4, 0.5) is 0 Å². The third-order valence-electron chi connectivity index (χ3n) is 2.93. The molecule has 1 heterocycles. The van der Waals surface area contributed by atoms with Crippen molar-refractivity contribution in [3.05, 3.63) is 28.0 Å². The first-order chi connectivity index (χ1) is 9.08. The summed E-state index contributed by atoms with van der Waals surface area (Å²) in [6, 6.07) is 2.53. The van der Waals surface area contributed by atoms with Crippen LogP contribution >= 0.6 is 0 Å². The Morgan fingerprint density at radius 3 is 2.26 bits per heavy atom. The Labute approximate surface area is 113 Å². The van der Waals surface area contributed by atoms with Gasteiger partial charge in [0.25, 0.3) is 11.5 Å². The standard InChI is InChI=1S/C14H22N2O3/c1-3-5-7-16(8-6-4-2)14(19)11-9-12(17)15-13(18)10-11/h9-10H,3-8H2,1-2H3,(H2,15,17,18). The number of hydrogen-bond donors (Lipinski definition) is 2. The number of H-pyrrole nitrogens is 1. The monoisotopic (exact) mass is 266 g/mol. The van der Waals surface area contributed by atoms with Gasteiger partial charge in [0.15, 0.2) is 5.88 Å². The Morgan fingerprint density at radius 2 is 1.79 bits per heavy atom. The Bertz CT molecular complexity index is 460. The van der Waals surface area contributed by atoms with Gasteiger partial charge in [-0.1, -0.05) is 26.7 Å². The van der Waals surface area contributed by atoms with E-state index in [1.807, 2.05) is 0 Å². The van der Waals surface area contributed by atoms with Gasteiger partial charge in [-0.25, -0.2) is 0 Å². The maximum Gasteiger partial charge on any atom is 0.254 e. The summed E-state index contributed by atoms with van der Waals surface area (Å²) >= 11 is 0. The van der Waals surface area contributed by atoms with Gasteiger partial charge in [-0.05, 0) is 12.8 Å². The van der Waals surface area contributed by atoms with Gasteiger partial charge in [0.1, 0.15) is 0 Å². The van der Waals surface area contributed by atoms with Crippen LogP contribution in [0.3, 0.4) is 0 Å². The van der Waals surface area contributed by atoms with E-state index in [-0.39, 0.29) is 17.4 Å². The fourth-order valence-corrected chi connectivity index (χ4v) is 1.85. The number of nitrogens with one attached hydrogen (secondary N) is 1. The highest BCUT2D eigenvalue weighted by Crippen LogP contribution is 2.10. The number of aromatic hydroxyl groups is 1. The number of nitrogens with zero attached hydrogens (tertiary/aromatic N) is 1. The van der Waals surface area contributed by atoms with E-state index in [1.54, 1.807) is 4.90 Å². The van der Waals surface area contributed by atoms with Gasteiger partial charge in [-0.2, -0.15) is 0 Å². The van der Waals surface area contributed by atoms with Gasteiger partial charge in [-0.3, -0.25) is 14.6 Å². The van der Waals surface area contributed by atoms with Gasteiger partial charge >= 0.3 is 0 Å². The topological polar surface area (TPSA) is 73.4 Å². The second-order valence-electron chi connectivity index (χ2n) is 4.62. The van der Waals surface area contributed by atoms with Crippen molar-refractivity contribution in [2.45, 2.75) is 39.5 Å². The van der Waals surface area contributed by atoms with Gasteiger partial charge in [0.2, 0.25) is 0 Å². The van der Waals surface area contributed by atoms with E-state index in [1.165, 1.54) is 12.1 Å². The molecule has 0 unspecified atom stereocenters. The van der Waals surface area contributed by atoms with E-state index in [4.69, 9.17) is 0 Å². The summed E-state index contributed by atoms with van der Waals surface area (Å²) in [5.41, 5.74) is -0.220. The highest BCUT2D eigenvalue weighted by Gasteiger charge is 2.16. The third-order valence-corrected chi connectivity index (χ3v) is 2.93. The molecule has 106 valence electrons. The van der Waals surface area contributed by atoms with E-state index in [2.05, 4.69) is 18.8 Å². The average Bonchev–Trinajstić information content (AvgIpc) is 2.37. The second kappa shape index (κ2) is 7.61. The maximum atomic E-state index is 12.3. The van der Waals surface area contributed by atoms with Crippen molar-refractivity contribution < 1.29 is 9.90 Å². The molecular formula is C14H22N2O3. The molecule has 0 fully saturated rings. The molecule has 19 heavy (non-hydrogen) atoms. The number of carbonyl (C=O) groups is 1. The van der Waals surface area contributed by atoms with Crippen LogP contribution in [0.15, 0.2) is 16.9 Å². The molecule has 5 nitrogen and oxygen atoms in total. The number of pyridine rings is 1. The van der Waals surface area contributed by atoms with Crippen molar-refractivity contribution in [1.82, 2.24) is 9.88 Å². The Balaban J connectivity index is 2.87. The predicted octanol–water partition coefficient (Wildman–Crippen LogP) is 2.12. The van der Waals surface area contributed by atoms with Crippen LogP contribution in [0.5, 0.6) is 5.88 Å². The van der Waals surface area contributed by atoms with E-state index >= 15 is 0 Å². The number of carbonyl (C=O) groups excluding carboxylic acids is 1. The van der Waals surface area contributed by atoms with Gasteiger partial charge < -0.3 is 10.0 Å². The molecule has 1 aromatic rings. The van der Waals surface area contributed by atoms with Crippen molar-refractivity contribution in [2.24, 2.45) is 0 Å². The number of aromatic amines is 1. The summed E-state index contributed by atoms with van der Waals surface area (Å²) in [7, 11) is 0. The molecule has 0 radical (unpaired) electrons. The van der Waals surface area contributed by atoms with Crippen molar-refractivity contribution in [2.75, 3.05) is 13.1 Å². The van der Waals surface area contributed by atoms with Gasteiger partial charge in [0.05, 0.1) is 5.56 Å². The first kappa shape index (κ1) is 15.3. The van der Waals surface area contributed by atoms with Crippen molar-refractivity contribution in [1.29, 1.82) is 0 Å². The highest BCUT2D eigenvalue weighted by atomic mass is 16.3. The molecule has 0 saturated heterocycles. The van der Waals surface area contributed by atoms with E-state index in [0.29, 0.717) is 13.1 Å². The largest absolute Gasteiger partial charge is 0.494 e. The maximum absolute atomic E-state index is 12.3. The Hall–Kier alpha value is -1.78. The normalized spacial score (nSPS) is 10.4. The lowest BCUT2D eigenvalue weighted by Gasteiger charge is -2.22. The summed E-state index contributed by atoms with van der Waals surface area (Å²) in [6.45, 7) is 5.51. The Kier molecular flexibility index (Phi) is 6.12. The van der Waals surface area contributed by atoms with Crippen LogP contribution in [-0.2, 0) is 0 Å². The van der Waals surface area contributed by atoms with Crippen LogP contribution in [0, 0.1) is 0 Å². The average molecular weight is 266 g/mol. The molecule has 0 aliphatic rings. The molecule has 1 rings (SSSR count). The molecule has 5 heteroatoms. The minimum atomic E-state index is -0.464. The number of rotatable bonds is 7. The summed E-state index contributed by atoms with van der Waals surface area (Å²) in [4.78, 5) is 27.6. The zero-order chi connectivity index (χ0) is 14.3. The lowest BCUT2D eigenvalue weighted by molar-refractivity contribution is 0.0750. The lowest BCUT2D eigenvalue weighted by Crippen LogP contribution is -2.33. The zero-order valence-electron chi connectivity index (χ0n) is 11.6. The van der Waals surface area contributed by atoms with Crippen molar-refractivity contribution in [3.8, 4) is 5.88 Å². The minimum Gasteiger partial charge on any atom is -0.494 e. The minimum absolute atomic E-state index is 0.191. The van der Waals surface area contributed by atoms with Crippen LogP contribution in [-0.4, -0.2) is 34.0 Å². The van der Waals surface area contributed by atoms with Crippen LogP contribution in [0.2, 0.25) is 0 Å². The van der Waals surface area contributed by atoms with E-state index in [9.17, 15) is 14.7 Å². The number of aromatic nitrogens is 1. The highest BCUT2D eigenvalue weighted by molar-refractivity contribution is 5.94. The fraction of sp³-hybridized carbons (Fsp3) is 0.571. The number of hydrogen-bond acceptors (Lipinski definition) is 3. The summed E-state index contributed by atoms with van der Waals surface area (Å²) in [6.07, 6.45) is 3.89. The van der Waals surface area contributed by atoms with Crippen LogP contribution in [0.1, 0.15) is 49.9 Å². The zero-order valence-corrected chi connectivity index (χ0v) is 11.6. The van der Waals surface area contributed by atoms with Crippen LogP contribution < -0.4 is 5.56 Å². The molecule has 0 spiro atoms. The molecule has 2 N–H and O–H groups in total. The smallest absolute Gasteiger partial charge is 0.254 e. The first-order valence-corrected chi connectivity index (χ1v) is 6.81. The van der Waals surface area contributed by atoms with Gasteiger partial charge in [-0.15, -0.1) is 0 Å². The molecule has 0 aliphatic heterocycles. The SMILES string of the molecule is CCCCN(CCCC)C(=O)c1cc(O)[nH]c(=O)c1. The quantitative estimate of drug-likeness (QED) is 0.794. The molecule has 1 amide bonds. The Morgan fingerprint density at radius 1 is 1.21 bits per heavy atom. The second-order valence-corrected chi connectivity index (χ2v) is 4.62. The molecular weight excluding hydrogens is 244 g/mol. The fourth-order valence-electron chi connectivity index (χ4n) is 1.85. The molecule has 0 aromatic carbocycles. The summed E-state index contributed by atoms with van der Waals surface area (Å²) in [5.74, 6) is -0.468. The van der Waals surface area contributed by atoms with Gasteiger partial charge in [0, 0.05) is 25.2 Å². The predicted molar refractivity (Wildman–Crippen MR) is 74.4 cm³/mol. The van der Waals surface area contributed by atoms with E-state index < -0.39 is 5.56 Å².